The molecule has 1 heterocycles. The first-order valence-electron chi connectivity index (χ1n) is 3.37. The molecule has 0 aliphatic carbocycles. The molecular weight excluding hydrogens is 216 g/mol. The Morgan fingerprint density at radius 2 is 2.42 bits per heavy atom. The van der Waals surface area contributed by atoms with Crippen LogP contribution in [0.5, 0.6) is 0 Å². The van der Waals surface area contributed by atoms with Gasteiger partial charge in [0.15, 0.2) is 0 Å². The molecule has 1 rings (SSSR count). The van der Waals surface area contributed by atoms with Gasteiger partial charge in [-0.2, -0.15) is 11.8 Å². The smallest absolute Gasteiger partial charge is 0.207 e. The molecule has 0 saturated heterocycles. The fourth-order valence-electron chi connectivity index (χ4n) is 0.593. The Morgan fingerprint density at radius 1 is 1.58 bits per heavy atom. The highest BCUT2D eigenvalue weighted by molar-refractivity contribution is 7.98. The topological polar surface area (TPSA) is 35.0 Å². The van der Waals surface area contributed by atoms with Crippen molar-refractivity contribution in [2.75, 3.05) is 19.5 Å². The average molecular weight is 225 g/mol. The van der Waals surface area contributed by atoms with Crippen LogP contribution < -0.4 is 0 Å². The molecule has 0 aliphatic heterocycles. The van der Waals surface area contributed by atoms with Gasteiger partial charge in [-0.25, -0.2) is 0 Å². The van der Waals surface area contributed by atoms with Gasteiger partial charge >= 0.3 is 0 Å². The van der Waals surface area contributed by atoms with Gasteiger partial charge < -0.3 is 4.74 Å². The van der Waals surface area contributed by atoms with Crippen LogP contribution in [-0.4, -0.2) is 29.7 Å². The van der Waals surface area contributed by atoms with Crippen molar-refractivity contribution in [1.29, 1.82) is 0 Å². The summed E-state index contributed by atoms with van der Waals surface area (Å²) in [4.78, 5) is 0. The molecule has 0 radical (unpaired) electrons. The molecule has 68 valence electrons. The van der Waals surface area contributed by atoms with Crippen molar-refractivity contribution >= 4 is 34.7 Å². The van der Waals surface area contributed by atoms with E-state index in [1.807, 2.05) is 0 Å². The molecule has 12 heavy (non-hydrogen) atoms. The van der Waals surface area contributed by atoms with E-state index in [9.17, 15) is 0 Å². The van der Waals surface area contributed by atoms with Gasteiger partial charge in [-0.1, -0.05) is 11.3 Å². The lowest BCUT2D eigenvalue weighted by atomic mass is 10.8. The lowest BCUT2D eigenvalue weighted by molar-refractivity contribution is 0.218. The maximum absolute atomic E-state index is 5.61. The molecule has 0 bridgehead atoms. The van der Waals surface area contributed by atoms with E-state index in [0.717, 1.165) is 23.1 Å². The zero-order valence-electron chi connectivity index (χ0n) is 6.62. The van der Waals surface area contributed by atoms with Crippen molar-refractivity contribution in [2.45, 2.75) is 5.75 Å². The highest BCUT2D eigenvalue weighted by atomic mass is 35.5. The average Bonchev–Trinajstić information content (AvgIpc) is 2.45. The Hall–Kier alpha value is 0.160. The number of ether oxygens (including phenoxy) is 1. The molecule has 0 N–H and O–H groups in total. The Bertz CT molecular complexity index is 231. The number of aromatic nitrogens is 2. The quantitative estimate of drug-likeness (QED) is 0.718. The van der Waals surface area contributed by atoms with E-state index in [-0.39, 0.29) is 0 Å². The molecule has 6 heteroatoms. The maximum Gasteiger partial charge on any atom is 0.207 e. The first kappa shape index (κ1) is 10.2. The maximum atomic E-state index is 5.61. The Balaban J connectivity index is 2.15. The number of thioether (sulfide) groups is 1. The van der Waals surface area contributed by atoms with Crippen LogP contribution in [0.25, 0.3) is 0 Å². The summed E-state index contributed by atoms with van der Waals surface area (Å²) in [6.45, 7) is 0.775. The van der Waals surface area contributed by atoms with E-state index in [2.05, 4.69) is 10.2 Å². The van der Waals surface area contributed by atoms with Crippen LogP contribution in [0.2, 0.25) is 4.47 Å². The molecule has 0 atom stereocenters. The first-order chi connectivity index (χ1) is 5.83. The molecule has 0 amide bonds. The summed E-state index contributed by atoms with van der Waals surface area (Å²) in [6.07, 6.45) is 0. The lowest BCUT2D eigenvalue weighted by Gasteiger charge is -1.95. The normalized spacial score (nSPS) is 10.5. The number of hydrogen-bond donors (Lipinski definition) is 0. The van der Waals surface area contributed by atoms with Crippen LogP contribution in [0.15, 0.2) is 0 Å². The van der Waals surface area contributed by atoms with Gasteiger partial charge in [0.2, 0.25) is 4.47 Å². The summed E-state index contributed by atoms with van der Waals surface area (Å²) in [5.41, 5.74) is 0. The highest BCUT2D eigenvalue weighted by Gasteiger charge is 2.00. The summed E-state index contributed by atoms with van der Waals surface area (Å²) < 4.78 is 5.42. The second kappa shape index (κ2) is 5.75. The Morgan fingerprint density at radius 3 is 3.00 bits per heavy atom. The van der Waals surface area contributed by atoms with Crippen molar-refractivity contribution in [2.24, 2.45) is 0 Å². The Labute approximate surface area is 84.5 Å². The third kappa shape index (κ3) is 3.71. The molecular formula is C6H9ClN2OS2. The van der Waals surface area contributed by atoms with Crippen molar-refractivity contribution in [3.05, 3.63) is 9.47 Å². The number of nitrogens with zero attached hydrogens (tertiary/aromatic N) is 2. The molecule has 0 aliphatic rings. The molecule has 1 aromatic rings. The van der Waals surface area contributed by atoms with Crippen molar-refractivity contribution in [3.8, 4) is 0 Å². The van der Waals surface area contributed by atoms with Crippen LogP contribution in [0, 0.1) is 0 Å². The molecule has 0 aromatic carbocycles. The molecule has 0 unspecified atom stereocenters. The molecule has 1 aromatic heterocycles. The second-order valence-electron chi connectivity index (χ2n) is 1.99. The second-order valence-corrected chi connectivity index (χ2v) is 4.74. The Kier molecular flexibility index (Phi) is 4.90. The van der Waals surface area contributed by atoms with E-state index >= 15 is 0 Å². The van der Waals surface area contributed by atoms with E-state index in [1.54, 1.807) is 18.9 Å². The van der Waals surface area contributed by atoms with E-state index < -0.39 is 0 Å². The first-order valence-corrected chi connectivity index (χ1v) is 5.72. The predicted octanol–water partition coefficient (Wildman–Crippen LogP) is 2.07. The van der Waals surface area contributed by atoms with Crippen molar-refractivity contribution in [1.82, 2.24) is 10.2 Å². The number of hydrogen-bond acceptors (Lipinski definition) is 5. The molecule has 0 fully saturated rings. The van der Waals surface area contributed by atoms with Gasteiger partial charge in [-0.15, -0.1) is 10.2 Å². The molecule has 0 saturated carbocycles. The summed E-state index contributed by atoms with van der Waals surface area (Å²) in [5, 5.41) is 8.57. The third-order valence-electron chi connectivity index (χ3n) is 1.10. The van der Waals surface area contributed by atoms with Gasteiger partial charge in [0.1, 0.15) is 5.01 Å². The van der Waals surface area contributed by atoms with Gasteiger partial charge in [0.05, 0.1) is 6.61 Å². The van der Waals surface area contributed by atoms with E-state index in [1.165, 1.54) is 11.3 Å². The SMILES string of the molecule is COCCSCc1nnc(Cl)s1. The van der Waals surface area contributed by atoms with Crippen molar-refractivity contribution < 1.29 is 4.74 Å². The summed E-state index contributed by atoms with van der Waals surface area (Å²) in [7, 11) is 1.70. The van der Waals surface area contributed by atoms with E-state index in [0.29, 0.717) is 4.47 Å². The number of methoxy groups -OCH3 is 1. The fraction of sp³-hybridized carbons (Fsp3) is 0.667. The van der Waals surface area contributed by atoms with Crippen LogP contribution in [0.1, 0.15) is 5.01 Å². The van der Waals surface area contributed by atoms with Gasteiger partial charge in [0, 0.05) is 18.6 Å². The minimum atomic E-state index is 0.511. The van der Waals surface area contributed by atoms with Crippen molar-refractivity contribution in [3.63, 3.8) is 0 Å². The van der Waals surface area contributed by atoms with Crippen LogP contribution in [-0.2, 0) is 10.5 Å². The zero-order valence-corrected chi connectivity index (χ0v) is 9.01. The zero-order chi connectivity index (χ0) is 8.81. The minimum Gasteiger partial charge on any atom is -0.384 e. The molecule has 0 spiro atoms. The highest BCUT2D eigenvalue weighted by Crippen LogP contribution is 2.19. The van der Waals surface area contributed by atoms with Crippen LogP contribution in [0.3, 0.4) is 0 Å². The summed E-state index contributed by atoms with van der Waals surface area (Å²) >= 11 is 8.81. The standard InChI is InChI=1S/C6H9ClN2OS2/c1-10-2-3-11-4-5-8-9-6(7)12-5/h2-4H2,1H3. The predicted molar refractivity (Wildman–Crippen MR) is 53.0 cm³/mol. The van der Waals surface area contributed by atoms with Gasteiger partial charge in [-0.05, 0) is 11.6 Å². The number of halogens is 1. The fourth-order valence-corrected chi connectivity index (χ4v) is 2.40. The number of rotatable bonds is 5. The summed E-state index contributed by atoms with van der Waals surface area (Å²) in [5.74, 6) is 1.85. The largest absolute Gasteiger partial charge is 0.384 e. The van der Waals surface area contributed by atoms with E-state index in [4.69, 9.17) is 16.3 Å². The minimum absolute atomic E-state index is 0.511. The van der Waals surface area contributed by atoms with Crippen LogP contribution >= 0.6 is 34.7 Å². The molecule has 3 nitrogen and oxygen atoms in total. The van der Waals surface area contributed by atoms with Crippen LogP contribution in [0.4, 0.5) is 0 Å². The lowest BCUT2D eigenvalue weighted by Crippen LogP contribution is -1.91. The monoisotopic (exact) mass is 224 g/mol. The third-order valence-corrected chi connectivity index (χ3v) is 3.23. The van der Waals surface area contributed by atoms with Gasteiger partial charge in [-0.3, -0.25) is 0 Å². The summed E-state index contributed by atoms with van der Waals surface area (Å²) in [6, 6.07) is 0. The van der Waals surface area contributed by atoms with Gasteiger partial charge in [0.25, 0.3) is 0 Å².